The van der Waals surface area contributed by atoms with E-state index >= 15 is 0 Å². The fourth-order valence-electron chi connectivity index (χ4n) is 4.99. The standard InChI is InChI=1S/C24H32N6O3S/c1-3-9-34-24-26-22(25-17-12-16(17)14-6-4-5-13(2)10-14)19-23(27-24)30(29-28-19)18-11-15(7-8-31)20(32)21(18)33/h4-6,10,15-18,20-21,31-33H,3,7-9,11-12H2,1-2H3,(H,25,26,27)/t15-,16?,17?,18+,20+,21-/m0/s1. The van der Waals surface area contributed by atoms with Crippen LogP contribution in [0.15, 0.2) is 29.4 Å². The van der Waals surface area contributed by atoms with Gasteiger partial charge in [0, 0.05) is 24.3 Å². The molecule has 0 amide bonds. The Bertz CT molecular complexity index is 1160. The number of fused-ring (bicyclic) bond motifs is 1. The molecule has 2 heterocycles. The summed E-state index contributed by atoms with van der Waals surface area (Å²) in [5.74, 6) is 1.79. The number of aliphatic hydroxyl groups is 3. The number of anilines is 1. The second-order valence-electron chi connectivity index (χ2n) is 9.47. The predicted octanol–water partition coefficient (Wildman–Crippen LogP) is 2.67. The van der Waals surface area contributed by atoms with E-state index in [0.717, 1.165) is 18.6 Å². The zero-order valence-electron chi connectivity index (χ0n) is 19.5. The van der Waals surface area contributed by atoms with E-state index in [-0.39, 0.29) is 18.6 Å². The molecule has 0 spiro atoms. The average molecular weight is 485 g/mol. The van der Waals surface area contributed by atoms with Gasteiger partial charge in [-0.1, -0.05) is 53.7 Å². The average Bonchev–Trinajstić information content (AvgIpc) is 3.38. The van der Waals surface area contributed by atoms with Gasteiger partial charge in [0.25, 0.3) is 0 Å². The zero-order valence-corrected chi connectivity index (χ0v) is 20.3. The van der Waals surface area contributed by atoms with E-state index in [4.69, 9.17) is 9.97 Å². The Morgan fingerprint density at radius 3 is 2.79 bits per heavy atom. The molecule has 3 aromatic rings. The topological polar surface area (TPSA) is 129 Å². The monoisotopic (exact) mass is 484 g/mol. The van der Waals surface area contributed by atoms with Crippen LogP contribution in [0.4, 0.5) is 5.82 Å². The first-order valence-electron chi connectivity index (χ1n) is 12.1. The molecule has 0 bridgehead atoms. The fourth-order valence-corrected chi connectivity index (χ4v) is 5.68. The smallest absolute Gasteiger partial charge is 0.191 e. The van der Waals surface area contributed by atoms with Gasteiger partial charge in [0.2, 0.25) is 0 Å². The summed E-state index contributed by atoms with van der Waals surface area (Å²) in [6.45, 7) is 4.19. The number of thioether (sulfide) groups is 1. The number of benzene rings is 1. The second kappa shape index (κ2) is 9.77. The van der Waals surface area contributed by atoms with Crippen molar-refractivity contribution in [2.24, 2.45) is 5.92 Å². The van der Waals surface area contributed by atoms with Crippen LogP contribution in [0.1, 0.15) is 55.7 Å². The molecule has 2 aliphatic carbocycles. The van der Waals surface area contributed by atoms with Gasteiger partial charge in [-0.05, 0) is 44.1 Å². The minimum atomic E-state index is -0.992. The maximum absolute atomic E-state index is 10.7. The van der Waals surface area contributed by atoms with E-state index in [1.807, 2.05) is 0 Å². The van der Waals surface area contributed by atoms with Crippen molar-refractivity contribution in [2.75, 3.05) is 17.7 Å². The molecule has 5 rings (SSSR count). The van der Waals surface area contributed by atoms with Gasteiger partial charge in [-0.2, -0.15) is 0 Å². The van der Waals surface area contributed by atoms with Gasteiger partial charge in [-0.3, -0.25) is 0 Å². The van der Waals surface area contributed by atoms with Crippen LogP contribution in [0.25, 0.3) is 11.2 Å². The predicted molar refractivity (Wildman–Crippen MR) is 131 cm³/mol. The summed E-state index contributed by atoms with van der Waals surface area (Å²) in [5.41, 5.74) is 3.71. The van der Waals surface area contributed by atoms with Gasteiger partial charge in [0.15, 0.2) is 22.1 Å². The SMILES string of the molecule is CCCSc1nc(NC2CC2c2cccc(C)c2)c2nnn([C@@H]3C[C@H](CCO)[C@@H](O)[C@H]3O)c2n1. The summed E-state index contributed by atoms with van der Waals surface area (Å²) >= 11 is 1.58. The molecule has 0 saturated heterocycles. The lowest BCUT2D eigenvalue weighted by molar-refractivity contribution is 0.00107. The highest BCUT2D eigenvalue weighted by atomic mass is 32.2. The van der Waals surface area contributed by atoms with Gasteiger partial charge in [0.1, 0.15) is 6.10 Å². The van der Waals surface area contributed by atoms with Gasteiger partial charge in [0.05, 0.1) is 12.1 Å². The van der Waals surface area contributed by atoms with Crippen molar-refractivity contribution >= 4 is 28.7 Å². The van der Waals surface area contributed by atoms with Crippen LogP contribution in [-0.2, 0) is 0 Å². The first-order valence-corrected chi connectivity index (χ1v) is 13.0. The molecular weight excluding hydrogens is 452 g/mol. The van der Waals surface area contributed by atoms with E-state index < -0.39 is 18.2 Å². The van der Waals surface area contributed by atoms with Crippen molar-refractivity contribution < 1.29 is 15.3 Å². The van der Waals surface area contributed by atoms with Gasteiger partial charge in [-0.15, -0.1) is 5.10 Å². The van der Waals surface area contributed by atoms with Gasteiger partial charge >= 0.3 is 0 Å². The van der Waals surface area contributed by atoms with Crippen molar-refractivity contribution in [3.63, 3.8) is 0 Å². The molecular formula is C24H32N6O3S. The molecule has 9 nitrogen and oxygen atoms in total. The molecule has 6 atom stereocenters. The lowest BCUT2D eigenvalue weighted by Gasteiger charge is -2.17. The van der Waals surface area contributed by atoms with Crippen molar-refractivity contribution in [1.29, 1.82) is 0 Å². The molecule has 0 radical (unpaired) electrons. The third-order valence-electron chi connectivity index (χ3n) is 6.91. The highest BCUT2D eigenvalue weighted by Gasteiger charge is 2.44. The number of nitrogens with zero attached hydrogens (tertiary/aromatic N) is 5. The Labute approximate surface area is 203 Å². The van der Waals surface area contributed by atoms with E-state index in [2.05, 4.69) is 53.7 Å². The number of hydrogen-bond donors (Lipinski definition) is 4. The minimum absolute atomic E-state index is 0.0309. The normalized spacial score (nSPS) is 28.5. The van der Waals surface area contributed by atoms with Crippen LogP contribution in [0.3, 0.4) is 0 Å². The molecule has 4 N–H and O–H groups in total. The van der Waals surface area contributed by atoms with Crippen molar-refractivity contribution in [2.45, 2.75) is 74.9 Å². The lowest BCUT2D eigenvalue weighted by atomic mass is 10.0. The Morgan fingerprint density at radius 2 is 2.03 bits per heavy atom. The summed E-state index contributed by atoms with van der Waals surface area (Å²) < 4.78 is 1.63. The molecule has 182 valence electrons. The van der Waals surface area contributed by atoms with E-state index in [0.29, 0.717) is 40.9 Å². The molecule has 10 heteroatoms. The molecule has 2 unspecified atom stereocenters. The van der Waals surface area contributed by atoms with E-state index in [1.165, 1.54) is 11.1 Å². The Hall–Kier alpha value is -2.27. The number of nitrogens with one attached hydrogen (secondary N) is 1. The van der Waals surface area contributed by atoms with Crippen LogP contribution < -0.4 is 5.32 Å². The molecule has 2 aromatic heterocycles. The Balaban J connectivity index is 1.45. The summed E-state index contributed by atoms with van der Waals surface area (Å²) in [6.07, 6.45) is 1.06. The highest BCUT2D eigenvalue weighted by Crippen LogP contribution is 2.44. The second-order valence-corrected chi connectivity index (χ2v) is 10.5. The summed E-state index contributed by atoms with van der Waals surface area (Å²) in [6, 6.07) is 8.42. The fraction of sp³-hybridized carbons (Fsp3) is 0.583. The van der Waals surface area contributed by atoms with Crippen molar-refractivity contribution in [1.82, 2.24) is 25.0 Å². The number of aliphatic hydroxyl groups excluding tert-OH is 3. The molecule has 34 heavy (non-hydrogen) atoms. The molecule has 2 aliphatic rings. The quantitative estimate of drug-likeness (QED) is 0.267. The van der Waals surface area contributed by atoms with Gasteiger partial charge in [-0.25, -0.2) is 14.6 Å². The maximum Gasteiger partial charge on any atom is 0.191 e. The first kappa shape index (κ1) is 23.5. The summed E-state index contributed by atoms with van der Waals surface area (Å²) in [5, 5.41) is 43.4. The van der Waals surface area contributed by atoms with E-state index in [9.17, 15) is 15.3 Å². The van der Waals surface area contributed by atoms with Crippen LogP contribution in [0.2, 0.25) is 0 Å². The molecule has 0 aliphatic heterocycles. The molecule has 1 aromatic carbocycles. The van der Waals surface area contributed by atoms with Crippen LogP contribution in [0.5, 0.6) is 0 Å². The zero-order chi connectivity index (χ0) is 23.8. The summed E-state index contributed by atoms with van der Waals surface area (Å²) in [4.78, 5) is 9.50. The minimum Gasteiger partial charge on any atom is -0.396 e. The highest BCUT2D eigenvalue weighted by molar-refractivity contribution is 7.99. The summed E-state index contributed by atoms with van der Waals surface area (Å²) in [7, 11) is 0. The number of hydrogen-bond acceptors (Lipinski definition) is 9. The van der Waals surface area contributed by atoms with Crippen molar-refractivity contribution in [3.05, 3.63) is 35.4 Å². The van der Waals surface area contributed by atoms with Crippen LogP contribution in [-0.4, -0.2) is 70.9 Å². The third-order valence-corrected chi connectivity index (χ3v) is 7.96. The molecule has 2 fully saturated rings. The van der Waals surface area contributed by atoms with Crippen LogP contribution in [0, 0.1) is 12.8 Å². The molecule has 2 saturated carbocycles. The largest absolute Gasteiger partial charge is 0.396 e. The number of rotatable bonds is 9. The Kier molecular flexibility index (Phi) is 6.74. The first-order chi connectivity index (χ1) is 16.5. The van der Waals surface area contributed by atoms with Crippen LogP contribution >= 0.6 is 11.8 Å². The van der Waals surface area contributed by atoms with Gasteiger partial charge < -0.3 is 20.6 Å². The third kappa shape index (κ3) is 4.51. The number of aryl methyl sites for hydroxylation is 1. The van der Waals surface area contributed by atoms with Crippen molar-refractivity contribution in [3.8, 4) is 0 Å². The Morgan fingerprint density at radius 1 is 1.18 bits per heavy atom. The number of aromatic nitrogens is 5. The maximum atomic E-state index is 10.7. The van der Waals surface area contributed by atoms with E-state index in [1.54, 1.807) is 16.4 Å². The lowest BCUT2D eigenvalue weighted by Crippen LogP contribution is -2.30.